The second-order valence-corrected chi connectivity index (χ2v) is 15.0. The van der Waals surface area contributed by atoms with Crippen molar-refractivity contribution in [3.63, 3.8) is 0 Å². The zero-order valence-electron chi connectivity index (χ0n) is 13.7. The van der Waals surface area contributed by atoms with E-state index >= 15 is 0 Å². The van der Waals surface area contributed by atoms with Gasteiger partial charge in [-0.25, -0.2) is 0 Å². The molecule has 0 aliphatic rings. The second kappa shape index (κ2) is 9.65. The summed E-state index contributed by atoms with van der Waals surface area (Å²) >= 11 is 72.5. The van der Waals surface area contributed by atoms with Crippen LogP contribution in [0, 0.1) is 0 Å². The standard InChI is InChI=1S/C17H8Cl12/c18-14(19,20)10-3-1-8(12(6-10)16(24,25)26)5-9-2-4-11(15(21,22)23)7-13(9)17(27,28)29/h1-4,6-7H,5H2. The van der Waals surface area contributed by atoms with E-state index in [2.05, 4.69) is 0 Å². The third-order valence-corrected chi connectivity index (χ3v) is 6.40. The lowest BCUT2D eigenvalue weighted by molar-refractivity contribution is 1.04. The van der Waals surface area contributed by atoms with Crippen LogP contribution >= 0.6 is 139 Å². The van der Waals surface area contributed by atoms with Crippen LogP contribution in [0.2, 0.25) is 0 Å². The fraction of sp³-hybridized carbons (Fsp3) is 0.294. The van der Waals surface area contributed by atoms with Crippen molar-refractivity contribution < 1.29 is 0 Å². The second-order valence-electron chi connectivity index (χ2n) is 5.91. The van der Waals surface area contributed by atoms with Gasteiger partial charge >= 0.3 is 0 Å². The lowest BCUT2D eigenvalue weighted by atomic mass is 9.95. The van der Waals surface area contributed by atoms with Crippen molar-refractivity contribution in [1.29, 1.82) is 0 Å². The molecule has 0 N–H and O–H groups in total. The minimum atomic E-state index is -1.79. The summed E-state index contributed by atoms with van der Waals surface area (Å²) in [6.07, 6.45) is 0.229. The van der Waals surface area contributed by atoms with Crippen LogP contribution in [0.4, 0.5) is 0 Å². The molecular weight excluding hydrogens is 630 g/mol. The van der Waals surface area contributed by atoms with E-state index in [4.69, 9.17) is 139 Å². The first kappa shape index (κ1) is 27.2. The zero-order valence-corrected chi connectivity index (χ0v) is 22.8. The van der Waals surface area contributed by atoms with Gasteiger partial charge in [-0.15, -0.1) is 0 Å². The summed E-state index contributed by atoms with van der Waals surface area (Å²) in [5, 5.41) is 0. The molecule has 0 spiro atoms. The Bertz CT molecular complexity index is 808. The third-order valence-electron chi connectivity index (χ3n) is 3.87. The van der Waals surface area contributed by atoms with Gasteiger partial charge in [0.15, 0.2) is 0 Å². The molecule has 0 nitrogen and oxygen atoms in total. The summed E-state index contributed by atoms with van der Waals surface area (Å²) < 4.78 is -6.98. The zero-order chi connectivity index (χ0) is 22.4. The molecular formula is C17H8Cl12. The van der Waals surface area contributed by atoms with E-state index in [0.29, 0.717) is 33.4 Å². The molecule has 12 heteroatoms. The minimum Gasteiger partial charge on any atom is -0.0784 e. The van der Waals surface area contributed by atoms with Gasteiger partial charge in [0.05, 0.1) is 0 Å². The Morgan fingerprint density at radius 1 is 0.448 bits per heavy atom. The average Bonchev–Trinajstić information content (AvgIpc) is 2.51. The largest absolute Gasteiger partial charge is 0.216 e. The highest BCUT2D eigenvalue weighted by Gasteiger charge is 2.33. The molecule has 2 aromatic carbocycles. The highest BCUT2D eigenvalue weighted by molar-refractivity contribution is 6.68. The molecule has 0 heterocycles. The van der Waals surface area contributed by atoms with Crippen molar-refractivity contribution in [2.24, 2.45) is 0 Å². The van der Waals surface area contributed by atoms with Gasteiger partial charge in [0, 0.05) is 22.3 Å². The van der Waals surface area contributed by atoms with Crippen LogP contribution in [0.5, 0.6) is 0 Å². The fourth-order valence-corrected chi connectivity index (χ4v) is 4.31. The van der Waals surface area contributed by atoms with E-state index in [9.17, 15) is 0 Å². The van der Waals surface area contributed by atoms with Gasteiger partial charge in [-0.2, -0.15) is 0 Å². The first-order valence-electron chi connectivity index (χ1n) is 7.45. The summed E-state index contributed by atoms with van der Waals surface area (Å²) in [7, 11) is 0. The minimum absolute atomic E-state index is 0.229. The summed E-state index contributed by atoms with van der Waals surface area (Å²) in [5.41, 5.74) is 2.51. The molecule has 0 saturated heterocycles. The summed E-state index contributed by atoms with van der Waals surface area (Å²) in [4.78, 5) is 0. The van der Waals surface area contributed by atoms with Gasteiger partial charge in [-0.3, -0.25) is 0 Å². The van der Waals surface area contributed by atoms with Crippen LogP contribution in [-0.2, 0) is 21.6 Å². The average molecular weight is 638 g/mol. The number of hydrogen-bond acceptors (Lipinski definition) is 0. The van der Waals surface area contributed by atoms with Crippen molar-refractivity contribution in [2.45, 2.75) is 21.6 Å². The van der Waals surface area contributed by atoms with Crippen molar-refractivity contribution in [3.8, 4) is 0 Å². The van der Waals surface area contributed by atoms with Gasteiger partial charge in [0.2, 0.25) is 15.2 Å². The molecule has 0 aliphatic carbocycles. The lowest BCUT2D eigenvalue weighted by Gasteiger charge is -2.23. The first-order chi connectivity index (χ1) is 12.9. The Morgan fingerprint density at radius 2 is 0.759 bits per heavy atom. The normalized spacial score (nSPS) is 13.7. The monoisotopic (exact) mass is 632 g/mol. The molecule has 0 aromatic heterocycles. The van der Waals surface area contributed by atoms with Crippen molar-refractivity contribution >= 4 is 139 Å². The molecule has 0 unspecified atom stereocenters. The van der Waals surface area contributed by atoms with Gasteiger partial charge < -0.3 is 0 Å². The van der Waals surface area contributed by atoms with E-state index < -0.39 is 15.2 Å². The van der Waals surface area contributed by atoms with E-state index in [1.54, 1.807) is 24.3 Å². The maximum Gasteiger partial charge on any atom is 0.216 e. The topological polar surface area (TPSA) is 0 Å². The molecule has 0 bridgehead atoms. The van der Waals surface area contributed by atoms with E-state index in [-0.39, 0.29) is 6.42 Å². The van der Waals surface area contributed by atoms with Crippen molar-refractivity contribution in [2.75, 3.05) is 0 Å². The number of rotatable bonds is 2. The Hall–Kier alpha value is 1.92. The lowest BCUT2D eigenvalue weighted by Crippen LogP contribution is -2.13. The van der Waals surface area contributed by atoms with Crippen LogP contribution in [0.15, 0.2) is 36.4 Å². The predicted molar refractivity (Wildman–Crippen MR) is 133 cm³/mol. The van der Waals surface area contributed by atoms with Crippen LogP contribution in [-0.4, -0.2) is 0 Å². The van der Waals surface area contributed by atoms with Crippen LogP contribution in [0.3, 0.4) is 0 Å². The summed E-state index contributed by atoms with van der Waals surface area (Å²) in [6.45, 7) is 0. The quantitative estimate of drug-likeness (QED) is 0.288. The van der Waals surface area contributed by atoms with Gasteiger partial charge in [0.1, 0.15) is 0 Å². The van der Waals surface area contributed by atoms with Crippen LogP contribution < -0.4 is 0 Å². The Labute approximate surface area is 228 Å². The molecule has 0 radical (unpaired) electrons. The summed E-state index contributed by atoms with van der Waals surface area (Å²) in [5.74, 6) is 0. The van der Waals surface area contributed by atoms with Crippen LogP contribution in [0.25, 0.3) is 0 Å². The smallest absolute Gasteiger partial charge is 0.0784 e. The molecule has 0 fully saturated rings. The van der Waals surface area contributed by atoms with E-state index in [0.717, 1.165) is 0 Å². The molecule has 0 saturated carbocycles. The Morgan fingerprint density at radius 3 is 1.00 bits per heavy atom. The fourth-order valence-electron chi connectivity index (χ4n) is 2.55. The maximum absolute atomic E-state index is 6.14. The molecule has 160 valence electrons. The molecule has 0 aliphatic heterocycles. The number of halogens is 12. The Balaban J connectivity index is 2.62. The van der Waals surface area contributed by atoms with Crippen molar-refractivity contribution in [3.05, 3.63) is 69.8 Å². The first-order valence-corrected chi connectivity index (χ1v) is 12.0. The molecule has 0 atom stereocenters. The van der Waals surface area contributed by atoms with Gasteiger partial charge in [-0.1, -0.05) is 163 Å². The molecule has 0 amide bonds. The highest BCUT2D eigenvalue weighted by Crippen LogP contribution is 2.47. The highest BCUT2D eigenvalue weighted by atomic mass is 35.6. The van der Waals surface area contributed by atoms with E-state index in [1.165, 1.54) is 12.1 Å². The van der Waals surface area contributed by atoms with E-state index in [1.807, 2.05) is 0 Å². The Kier molecular flexibility index (Phi) is 9.04. The summed E-state index contributed by atoms with van der Waals surface area (Å²) in [6, 6.07) is 9.54. The molecule has 29 heavy (non-hydrogen) atoms. The predicted octanol–water partition coefficient (Wildman–Crippen LogP) is 10.6. The number of alkyl halides is 12. The molecule has 2 aromatic rings. The number of hydrogen-bond donors (Lipinski definition) is 0. The SMILES string of the molecule is ClC(Cl)(Cl)c1ccc(Cc2ccc(C(Cl)(Cl)Cl)cc2C(Cl)(Cl)Cl)c(C(Cl)(Cl)Cl)c1. The maximum atomic E-state index is 6.14. The third kappa shape index (κ3) is 7.46. The molecule has 2 rings (SSSR count). The van der Waals surface area contributed by atoms with Gasteiger partial charge in [-0.05, 0) is 29.7 Å². The number of benzene rings is 2. The van der Waals surface area contributed by atoms with Crippen LogP contribution in [0.1, 0.15) is 33.4 Å². The van der Waals surface area contributed by atoms with Crippen molar-refractivity contribution in [1.82, 2.24) is 0 Å². The van der Waals surface area contributed by atoms with Gasteiger partial charge in [0.25, 0.3) is 0 Å².